The van der Waals surface area contributed by atoms with Gasteiger partial charge in [0, 0.05) is 17.4 Å². The molecule has 0 saturated carbocycles. The number of aromatic nitrogens is 1. The molecule has 0 amide bonds. The second kappa shape index (κ2) is 6.16. The molecule has 6 nitrogen and oxygen atoms in total. The summed E-state index contributed by atoms with van der Waals surface area (Å²) in [6.07, 6.45) is 1.20. The van der Waals surface area contributed by atoms with Gasteiger partial charge in [0.05, 0.1) is 24.5 Å². The first kappa shape index (κ1) is 15.1. The Balaban J connectivity index is 2.00. The number of nitrogens with zero attached hydrogens (tertiary/aromatic N) is 1. The van der Waals surface area contributed by atoms with Crippen LogP contribution in [0.3, 0.4) is 0 Å². The van der Waals surface area contributed by atoms with Gasteiger partial charge in [0.1, 0.15) is 0 Å². The third-order valence-corrected chi connectivity index (χ3v) is 3.67. The molecule has 1 atom stereocenters. The summed E-state index contributed by atoms with van der Waals surface area (Å²) < 4.78 is 12.0. The van der Waals surface area contributed by atoms with Gasteiger partial charge in [-0.1, -0.05) is 0 Å². The number of carbonyl (C=O) groups is 2. The van der Waals surface area contributed by atoms with Crippen LogP contribution in [0.15, 0.2) is 36.5 Å². The first-order valence-electron chi connectivity index (χ1n) is 7.57. The molecule has 23 heavy (non-hydrogen) atoms. The standard InChI is InChI=1S/C17H18N2O4/c1-3-22-16(20)11-7-8-13-12(10-11)14-6-5-9-19(14)15(18-13)17(21)23-4-2/h5-10,15,18H,3-4H2,1-2H3. The van der Waals surface area contributed by atoms with Crippen molar-refractivity contribution in [3.8, 4) is 11.3 Å². The predicted molar refractivity (Wildman–Crippen MR) is 85.1 cm³/mol. The number of fused-ring (bicyclic) bond motifs is 3. The molecule has 120 valence electrons. The lowest BCUT2D eigenvalue weighted by molar-refractivity contribution is -0.146. The Labute approximate surface area is 134 Å². The van der Waals surface area contributed by atoms with Crippen LogP contribution in [0.4, 0.5) is 5.69 Å². The third kappa shape index (κ3) is 2.67. The van der Waals surface area contributed by atoms with Gasteiger partial charge in [0.25, 0.3) is 0 Å². The lowest BCUT2D eigenvalue weighted by atomic mass is 10.0. The fourth-order valence-electron chi connectivity index (χ4n) is 2.68. The van der Waals surface area contributed by atoms with E-state index in [2.05, 4.69) is 5.32 Å². The van der Waals surface area contributed by atoms with E-state index in [0.717, 1.165) is 16.9 Å². The van der Waals surface area contributed by atoms with E-state index in [-0.39, 0.29) is 11.9 Å². The van der Waals surface area contributed by atoms with Gasteiger partial charge in [0.15, 0.2) is 0 Å². The molecule has 1 aromatic heterocycles. The van der Waals surface area contributed by atoms with Crippen molar-refractivity contribution in [3.63, 3.8) is 0 Å². The summed E-state index contributed by atoms with van der Waals surface area (Å²) in [4.78, 5) is 24.1. The van der Waals surface area contributed by atoms with Crippen LogP contribution in [0.2, 0.25) is 0 Å². The highest BCUT2D eigenvalue weighted by atomic mass is 16.5. The van der Waals surface area contributed by atoms with Gasteiger partial charge < -0.3 is 19.4 Å². The number of ether oxygens (including phenoxy) is 2. The Bertz CT molecular complexity index is 751. The van der Waals surface area contributed by atoms with Crippen molar-refractivity contribution < 1.29 is 19.1 Å². The molecule has 0 bridgehead atoms. The molecule has 0 spiro atoms. The Morgan fingerprint density at radius 2 is 1.96 bits per heavy atom. The zero-order valence-electron chi connectivity index (χ0n) is 13.0. The molecular formula is C17H18N2O4. The molecule has 1 aliphatic rings. The summed E-state index contributed by atoms with van der Waals surface area (Å²) in [7, 11) is 0. The summed E-state index contributed by atoms with van der Waals surface area (Å²) >= 11 is 0. The van der Waals surface area contributed by atoms with Crippen LogP contribution in [0, 0.1) is 0 Å². The van der Waals surface area contributed by atoms with Crippen LogP contribution in [0.1, 0.15) is 30.4 Å². The van der Waals surface area contributed by atoms with Gasteiger partial charge in [0.2, 0.25) is 6.17 Å². The van der Waals surface area contributed by atoms with Crippen LogP contribution in [0.5, 0.6) is 0 Å². The van der Waals surface area contributed by atoms with E-state index < -0.39 is 6.17 Å². The number of benzene rings is 1. The summed E-state index contributed by atoms with van der Waals surface area (Å²) in [5.41, 5.74) is 2.96. The highest BCUT2D eigenvalue weighted by Gasteiger charge is 2.29. The molecule has 0 aliphatic carbocycles. The number of anilines is 1. The molecule has 0 radical (unpaired) electrons. The average molecular weight is 314 g/mol. The minimum absolute atomic E-state index is 0.322. The van der Waals surface area contributed by atoms with Gasteiger partial charge >= 0.3 is 11.9 Å². The average Bonchev–Trinajstić information content (AvgIpc) is 3.04. The number of hydrogen-bond donors (Lipinski definition) is 1. The maximum absolute atomic E-state index is 12.1. The summed E-state index contributed by atoms with van der Waals surface area (Å²) in [5.74, 6) is -0.703. The van der Waals surface area contributed by atoms with E-state index in [1.165, 1.54) is 0 Å². The van der Waals surface area contributed by atoms with Crippen molar-refractivity contribution in [3.05, 3.63) is 42.1 Å². The molecule has 2 heterocycles. The molecule has 1 aromatic carbocycles. The number of nitrogens with one attached hydrogen (secondary N) is 1. The molecule has 3 rings (SSSR count). The Morgan fingerprint density at radius 3 is 2.70 bits per heavy atom. The molecule has 0 fully saturated rings. The van der Waals surface area contributed by atoms with Gasteiger partial charge in [-0.15, -0.1) is 0 Å². The maximum atomic E-state index is 12.1. The SMILES string of the molecule is CCOC(=O)c1ccc2c(c1)-c1cccn1C(C(=O)OCC)N2. The van der Waals surface area contributed by atoms with Crippen molar-refractivity contribution in [2.45, 2.75) is 20.0 Å². The zero-order chi connectivity index (χ0) is 16.4. The molecule has 6 heteroatoms. The monoisotopic (exact) mass is 314 g/mol. The molecule has 1 aliphatic heterocycles. The molecule has 0 saturated heterocycles. The van der Waals surface area contributed by atoms with Crippen LogP contribution < -0.4 is 5.32 Å². The van der Waals surface area contributed by atoms with Crippen LogP contribution in [-0.2, 0) is 14.3 Å². The molecule has 1 unspecified atom stereocenters. The Morgan fingerprint density at radius 1 is 1.17 bits per heavy atom. The lowest BCUT2D eigenvalue weighted by Gasteiger charge is -2.28. The predicted octanol–water partition coefficient (Wildman–Crippen LogP) is 2.82. The summed E-state index contributed by atoms with van der Waals surface area (Å²) in [6.45, 7) is 4.20. The summed E-state index contributed by atoms with van der Waals surface area (Å²) in [6, 6.07) is 9.00. The number of esters is 2. The molecule has 1 N–H and O–H groups in total. The molecule has 2 aromatic rings. The van der Waals surface area contributed by atoms with Crippen molar-refractivity contribution in [2.75, 3.05) is 18.5 Å². The van der Waals surface area contributed by atoms with Gasteiger partial charge in [-0.2, -0.15) is 0 Å². The Kier molecular flexibility index (Phi) is 4.06. The number of hydrogen-bond acceptors (Lipinski definition) is 5. The molecular weight excluding hydrogens is 296 g/mol. The minimum Gasteiger partial charge on any atom is -0.463 e. The smallest absolute Gasteiger partial charge is 0.350 e. The van der Waals surface area contributed by atoms with E-state index in [0.29, 0.717) is 18.8 Å². The topological polar surface area (TPSA) is 69.6 Å². The first-order chi connectivity index (χ1) is 11.2. The second-order valence-electron chi connectivity index (χ2n) is 5.08. The number of rotatable bonds is 4. The highest BCUT2D eigenvalue weighted by molar-refractivity contribution is 5.94. The van der Waals surface area contributed by atoms with Crippen molar-refractivity contribution in [1.82, 2.24) is 4.57 Å². The Hall–Kier alpha value is -2.76. The third-order valence-electron chi connectivity index (χ3n) is 3.67. The minimum atomic E-state index is -0.610. The number of carbonyl (C=O) groups excluding carboxylic acids is 2. The quantitative estimate of drug-likeness (QED) is 0.879. The fourth-order valence-corrected chi connectivity index (χ4v) is 2.68. The second-order valence-corrected chi connectivity index (χ2v) is 5.08. The van der Waals surface area contributed by atoms with Gasteiger partial charge in [-0.05, 0) is 44.2 Å². The largest absolute Gasteiger partial charge is 0.463 e. The van der Waals surface area contributed by atoms with E-state index >= 15 is 0 Å². The maximum Gasteiger partial charge on any atom is 0.350 e. The van der Waals surface area contributed by atoms with Crippen molar-refractivity contribution in [2.24, 2.45) is 0 Å². The zero-order valence-corrected chi connectivity index (χ0v) is 13.0. The van der Waals surface area contributed by atoms with Crippen LogP contribution in [-0.4, -0.2) is 29.7 Å². The summed E-state index contributed by atoms with van der Waals surface area (Å²) in [5, 5.41) is 3.16. The first-order valence-corrected chi connectivity index (χ1v) is 7.57. The van der Waals surface area contributed by atoms with Crippen molar-refractivity contribution in [1.29, 1.82) is 0 Å². The van der Waals surface area contributed by atoms with E-state index in [1.807, 2.05) is 18.3 Å². The van der Waals surface area contributed by atoms with Gasteiger partial charge in [-0.25, -0.2) is 9.59 Å². The highest BCUT2D eigenvalue weighted by Crippen LogP contribution is 2.37. The lowest BCUT2D eigenvalue weighted by Crippen LogP contribution is -2.31. The van der Waals surface area contributed by atoms with E-state index in [4.69, 9.17) is 9.47 Å². The van der Waals surface area contributed by atoms with E-state index in [9.17, 15) is 9.59 Å². The normalized spacial score (nSPS) is 15.1. The van der Waals surface area contributed by atoms with Crippen molar-refractivity contribution >= 4 is 17.6 Å². The van der Waals surface area contributed by atoms with Crippen LogP contribution in [0.25, 0.3) is 11.3 Å². The van der Waals surface area contributed by atoms with E-state index in [1.54, 1.807) is 36.6 Å². The fraction of sp³-hybridized carbons (Fsp3) is 0.294. The van der Waals surface area contributed by atoms with Gasteiger partial charge in [-0.3, -0.25) is 0 Å². The van der Waals surface area contributed by atoms with Crippen LogP contribution >= 0.6 is 0 Å².